The molecule has 5 nitrogen and oxygen atoms in total. The molecule has 1 heterocycles. The van der Waals surface area contributed by atoms with Crippen LogP contribution in [0.5, 0.6) is 5.75 Å². The Bertz CT molecular complexity index is 602. The number of nitrogens with zero attached hydrogens (tertiary/aromatic N) is 2. The predicted octanol–water partition coefficient (Wildman–Crippen LogP) is 2.27. The molecule has 98 valence electrons. The summed E-state index contributed by atoms with van der Waals surface area (Å²) in [5.41, 5.74) is 0.813. The van der Waals surface area contributed by atoms with Gasteiger partial charge in [0.25, 0.3) is 0 Å². The van der Waals surface area contributed by atoms with Crippen molar-refractivity contribution in [2.45, 2.75) is 19.3 Å². The maximum Gasteiger partial charge on any atom is 0.234 e. The van der Waals surface area contributed by atoms with Gasteiger partial charge in [0.1, 0.15) is 11.5 Å². The molecule has 1 aliphatic rings. The molecule has 0 aliphatic heterocycles. The zero-order chi connectivity index (χ0) is 13.2. The van der Waals surface area contributed by atoms with E-state index in [0.29, 0.717) is 11.7 Å². The number of carbonyl (C=O) groups excluding carboxylic acids is 1. The van der Waals surface area contributed by atoms with E-state index in [1.165, 1.54) is 0 Å². The summed E-state index contributed by atoms with van der Waals surface area (Å²) in [6, 6.07) is 7.41. The number of benzene rings is 1. The minimum atomic E-state index is 0.195. The zero-order valence-electron chi connectivity index (χ0n) is 10.6. The van der Waals surface area contributed by atoms with Gasteiger partial charge in [-0.25, -0.2) is 0 Å². The molecule has 0 spiro atoms. The van der Waals surface area contributed by atoms with Crippen LogP contribution in [0.3, 0.4) is 0 Å². The number of aromatic nitrogens is 2. The fourth-order valence-corrected chi connectivity index (χ4v) is 1.90. The molecule has 1 fully saturated rings. The average Bonchev–Trinajstić information content (AvgIpc) is 3.20. The first-order valence-electron chi connectivity index (χ1n) is 6.26. The fraction of sp³-hybridized carbons (Fsp3) is 0.357. The van der Waals surface area contributed by atoms with Crippen molar-refractivity contribution in [3.05, 3.63) is 30.2 Å². The molecule has 0 N–H and O–H groups in total. The van der Waals surface area contributed by atoms with E-state index in [1.807, 2.05) is 24.3 Å². The predicted molar refractivity (Wildman–Crippen MR) is 67.7 cm³/mol. The molecule has 19 heavy (non-hydrogen) atoms. The van der Waals surface area contributed by atoms with Crippen molar-refractivity contribution in [1.82, 2.24) is 10.1 Å². The molecule has 0 unspecified atom stereocenters. The van der Waals surface area contributed by atoms with E-state index >= 15 is 0 Å². The highest BCUT2D eigenvalue weighted by Crippen LogP contribution is 2.31. The lowest BCUT2D eigenvalue weighted by atomic mass is 10.2. The molecule has 3 rings (SSSR count). The lowest BCUT2D eigenvalue weighted by molar-refractivity contribution is -0.119. The Morgan fingerprint density at radius 3 is 3.05 bits per heavy atom. The third-order valence-electron chi connectivity index (χ3n) is 3.15. The molecule has 1 aromatic carbocycles. The van der Waals surface area contributed by atoms with E-state index < -0.39 is 0 Å². The van der Waals surface area contributed by atoms with E-state index in [2.05, 4.69) is 10.1 Å². The fourth-order valence-electron chi connectivity index (χ4n) is 1.90. The quantitative estimate of drug-likeness (QED) is 0.823. The number of ketones is 1. The number of Topliss-reactive ketones (excluding diaryl/α,β-unsaturated/α-hetero) is 1. The van der Waals surface area contributed by atoms with Crippen LogP contribution in [0.25, 0.3) is 11.4 Å². The van der Waals surface area contributed by atoms with Crippen LogP contribution in [0.15, 0.2) is 28.8 Å². The van der Waals surface area contributed by atoms with E-state index in [4.69, 9.17) is 9.26 Å². The summed E-state index contributed by atoms with van der Waals surface area (Å²) in [5, 5.41) is 3.90. The highest BCUT2D eigenvalue weighted by molar-refractivity contribution is 5.84. The molecule has 1 aromatic heterocycles. The monoisotopic (exact) mass is 258 g/mol. The molecule has 0 radical (unpaired) electrons. The van der Waals surface area contributed by atoms with Gasteiger partial charge in [-0.2, -0.15) is 4.98 Å². The smallest absolute Gasteiger partial charge is 0.234 e. The summed E-state index contributed by atoms with van der Waals surface area (Å²) in [4.78, 5) is 15.9. The Hall–Kier alpha value is -2.17. The van der Waals surface area contributed by atoms with E-state index in [0.717, 1.165) is 24.2 Å². The van der Waals surface area contributed by atoms with Crippen molar-refractivity contribution >= 4 is 5.78 Å². The average molecular weight is 258 g/mol. The Labute approximate surface area is 110 Å². The molecular formula is C14H14N2O3. The van der Waals surface area contributed by atoms with Crippen LogP contribution in [0.4, 0.5) is 0 Å². The number of rotatable bonds is 5. The van der Waals surface area contributed by atoms with Gasteiger partial charge < -0.3 is 9.26 Å². The summed E-state index contributed by atoms with van der Waals surface area (Å²) in [7, 11) is 1.61. The Balaban J connectivity index is 1.77. The van der Waals surface area contributed by atoms with Gasteiger partial charge in [-0.05, 0) is 25.0 Å². The molecular weight excluding hydrogens is 244 g/mol. The maximum atomic E-state index is 11.7. The van der Waals surface area contributed by atoms with Gasteiger partial charge >= 0.3 is 0 Å². The van der Waals surface area contributed by atoms with E-state index in [1.54, 1.807) is 7.11 Å². The largest absolute Gasteiger partial charge is 0.497 e. The number of methoxy groups -OCH3 is 1. The first kappa shape index (κ1) is 11.9. The van der Waals surface area contributed by atoms with E-state index in [9.17, 15) is 4.79 Å². The number of carbonyl (C=O) groups is 1. The summed E-state index contributed by atoms with van der Waals surface area (Å²) in [5.74, 6) is 2.01. The van der Waals surface area contributed by atoms with Crippen LogP contribution in [-0.4, -0.2) is 23.0 Å². The third kappa shape index (κ3) is 2.65. The van der Waals surface area contributed by atoms with Crippen molar-refractivity contribution < 1.29 is 14.1 Å². The van der Waals surface area contributed by atoms with Crippen LogP contribution in [0.1, 0.15) is 18.7 Å². The number of ether oxygens (including phenoxy) is 1. The van der Waals surface area contributed by atoms with Gasteiger partial charge in [0.15, 0.2) is 0 Å². The van der Waals surface area contributed by atoms with Gasteiger partial charge in [-0.3, -0.25) is 4.79 Å². The first-order valence-corrected chi connectivity index (χ1v) is 6.26. The van der Waals surface area contributed by atoms with Crippen LogP contribution >= 0.6 is 0 Å². The molecule has 0 bridgehead atoms. The SMILES string of the molecule is COc1cccc(-c2noc(CC(=O)C3CC3)n2)c1. The van der Waals surface area contributed by atoms with Crippen molar-refractivity contribution in [3.8, 4) is 17.1 Å². The molecule has 0 amide bonds. The Morgan fingerprint density at radius 2 is 2.32 bits per heavy atom. The van der Waals surface area contributed by atoms with Crippen LogP contribution in [0, 0.1) is 5.92 Å². The lowest BCUT2D eigenvalue weighted by Crippen LogP contribution is -2.04. The summed E-state index contributed by atoms with van der Waals surface area (Å²) < 4.78 is 10.3. The van der Waals surface area contributed by atoms with Crippen LogP contribution in [-0.2, 0) is 11.2 Å². The normalized spacial score (nSPS) is 14.4. The van der Waals surface area contributed by atoms with Gasteiger partial charge in [0.05, 0.1) is 13.5 Å². The van der Waals surface area contributed by atoms with Gasteiger partial charge in [-0.1, -0.05) is 17.3 Å². The van der Waals surface area contributed by atoms with Crippen molar-refractivity contribution in [1.29, 1.82) is 0 Å². The minimum absolute atomic E-state index is 0.195. The topological polar surface area (TPSA) is 65.2 Å². The second kappa shape index (κ2) is 4.84. The second-order valence-electron chi connectivity index (χ2n) is 4.66. The molecule has 0 atom stereocenters. The molecule has 1 aliphatic carbocycles. The molecule has 0 saturated heterocycles. The maximum absolute atomic E-state index is 11.7. The number of hydrogen-bond acceptors (Lipinski definition) is 5. The highest BCUT2D eigenvalue weighted by atomic mass is 16.5. The first-order chi connectivity index (χ1) is 9.26. The van der Waals surface area contributed by atoms with E-state index in [-0.39, 0.29) is 18.1 Å². The summed E-state index contributed by atoms with van der Waals surface area (Å²) in [6.07, 6.45) is 2.23. The highest BCUT2D eigenvalue weighted by Gasteiger charge is 2.30. The Kier molecular flexibility index (Phi) is 3.03. The number of hydrogen-bond donors (Lipinski definition) is 0. The molecule has 1 saturated carbocycles. The van der Waals surface area contributed by atoms with Gasteiger partial charge in [-0.15, -0.1) is 0 Å². The van der Waals surface area contributed by atoms with Crippen molar-refractivity contribution in [2.24, 2.45) is 5.92 Å². The summed E-state index contributed by atoms with van der Waals surface area (Å²) in [6.45, 7) is 0. The molecule has 2 aromatic rings. The molecule has 5 heteroatoms. The van der Waals surface area contributed by atoms with Crippen LogP contribution in [0.2, 0.25) is 0 Å². The Morgan fingerprint density at radius 1 is 1.47 bits per heavy atom. The van der Waals surface area contributed by atoms with Crippen molar-refractivity contribution in [2.75, 3.05) is 7.11 Å². The minimum Gasteiger partial charge on any atom is -0.497 e. The lowest BCUT2D eigenvalue weighted by Gasteiger charge is -1.99. The van der Waals surface area contributed by atoms with Gasteiger partial charge in [0, 0.05) is 11.5 Å². The van der Waals surface area contributed by atoms with Crippen molar-refractivity contribution in [3.63, 3.8) is 0 Å². The standard InChI is InChI=1S/C14H14N2O3/c1-18-11-4-2-3-10(7-11)14-15-13(19-16-14)8-12(17)9-5-6-9/h2-4,7,9H,5-6,8H2,1H3. The second-order valence-corrected chi connectivity index (χ2v) is 4.66. The summed E-state index contributed by atoms with van der Waals surface area (Å²) >= 11 is 0. The third-order valence-corrected chi connectivity index (χ3v) is 3.15. The van der Waals surface area contributed by atoms with Gasteiger partial charge in [0.2, 0.25) is 11.7 Å². The van der Waals surface area contributed by atoms with Crippen LogP contribution < -0.4 is 4.74 Å². The zero-order valence-corrected chi connectivity index (χ0v) is 10.6.